The van der Waals surface area contributed by atoms with Crippen molar-refractivity contribution in [3.8, 4) is 0 Å². The fraction of sp³-hybridized carbons (Fsp3) is 0.269. The highest BCUT2D eigenvalue weighted by Crippen LogP contribution is 2.48. The number of carbonyl (C=O) groups is 2. The molecule has 0 saturated heterocycles. The van der Waals surface area contributed by atoms with Crippen LogP contribution in [0.1, 0.15) is 51.3 Å². The van der Waals surface area contributed by atoms with Crippen LogP contribution < -0.4 is 16.0 Å². The van der Waals surface area contributed by atoms with Gasteiger partial charge in [-0.2, -0.15) is 0 Å². The molecule has 3 unspecified atom stereocenters. The molecule has 168 valence electrons. The number of anilines is 1. The Kier molecular flexibility index (Phi) is 5.90. The standard InChI is InChI=1S/C26H26N4O3/c31-24(29-15-20-3-1-2-11-27-20)17-6-4-16(5-7-17)22-14-23(22)26(33)30-19-8-9-21-18(13-19)10-12-28-25(21)32/h1-9,11,13,22-23,25,28,32H,10,12,14-15H2,(H,29,31)(H,30,33). The van der Waals surface area contributed by atoms with Crippen LogP contribution in [-0.4, -0.2) is 28.4 Å². The summed E-state index contributed by atoms with van der Waals surface area (Å²) < 4.78 is 0. The minimum Gasteiger partial charge on any atom is -0.374 e. The summed E-state index contributed by atoms with van der Waals surface area (Å²) in [7, 11) is 0. The summed E-state index contributed by atoms with van der Waals surface area (Å²) in [4.78, 5) is 29.3. The Hall–Kier alpha value is -3.55. The molecule has 33 heavy (non-hydrogen) atoms. The number of aliphatic hydroxyl groups excluding tert-OH is 1. The monoisotopic (exact) mass is 442 g/mol. The van der Waals surface area contributed by atoms with Crippen LogP contribution >= 0.6 is 0 Å². The average molecular weight is 443 g/mol. The number of rotatable bonds is 6. The second-order valence-electron chi connectivity index (χ2n) is 8.58. The Labute approximate surface area is 192 Å². The van der Waals surface area contributed by atoms with Crippen LogP contribution in [0.15, 0.2) is 66.9 Å². The molecule has 4 N–H and O–H groups in total. The topological polar surface area (TPSA) is 103 Å². The summed E-state index contributed by atoms with van der Waals surface area (Å²) in [6, 6.07) is 18.7. The van der Waals surface area contributed by atoms with Gasteiger partial charge in [0.15, 0.2) is 0 Å². The lowest BCUT2D eigenvalue weighted by molar-refractivity contribution is -0.117. The lowest BCUT2D eigenvalue weighted by Crippen LogP contribution is -2.29. The lowest BCUT2D eigenvalue weighted by atomic mass is 9.99. The zero-order valence-corrected chi connectivity index (χ0v) is 18.1. The van der Waals surface area contributed by atoms with E-state index in [1.165, 1.54) is 0 Å². The fourth-order valence-electron chi connectivity index (χ4n) is 4.37. The number of carbonyl (C=O) groups excluding carboxylic acids is 2. The first-order chi connectivity index (χ1) is 16.1. The van der Waals surface area contributed by atoms with Crippen molar-refractivity contribution in [2.24, 2.45) is 5.92 Å². The third kappa shape index (κ3) is 4.79. The molecule has 3 atom stereocenters. The summed E-state index contributed by atoms with van der Waals surface area (Å²) in [5.74, 6) is -0.0481. The first-order valence-electron chi connectivity index (χ1n) is 11.2. The molecular formula is C26H26N4O3. The minimum absolute atomic E-state index is 0.00612. The molecule has 1 aliphatic heterocycles. The van der Waals surface area contributed by atoms with Crippen LogP contribution in [0.4, 0.5) is 5.69 Å². The molecule has 1 fully saturated rings. The molecule has 5 rings (SSSR count). The molecule has 1 aromatic heterocycles. The van der Waals surface area contributed by atoms with E-state index in [0.29, 0.717) is 18.7 Å². The summed E-state index contributed by atoms with van der Waals surface area (Å²) in [6.45, 7) is 1.10. The van der Waals surface area contributed by atoms with E-state index >= 15 is 0 Å². The van der Waals surface area contributed by atoms with Crippen molar-refractivity contribution < 1.29 is 14.7 Å². The van der Waals surface area contributed by atoms with E-state index in [2.05, 4.69) is 20.9 Å². The molecule has 7 nitrogen and oxygen atoms in total. The normalized spacial score (nSPS) is 21.1. The van der Waals surface area contributed by atoms with Gasteiger partial charge in [0.25, 0.3) is 5.91 Å². The van der Waals surface area contributed by atoms with Gasteiger partial charge in [-0.3, -0.25) is 19.9 Å². The highest BCUT2D eigenvalue weighted by molar-refractivity contribution is 5.96. The van der Waals surface area contributed by atoms with Gasteiger partial charge in [0, 0.05) is 29.9 Å². The van der Waals surface area contributed by atoms with E-state index < -0.39 is 6.23 Å². The van der Waals surface area contributed by atoms with Crippen molar-refractivity contribution in [2.75, 3.05) is 11.9 Å². The molecule has 0 spiro atoms. The minimum atomic E-state index is -0.647. The number of nitrogens with one attached hydrogen (secondary N) is 3. The number of amides is 2. The van der Waals surface area contributed by atoms with Crippen molar-refractivity contribution in [1.82, 2.24) is 15.6 Å². The van der Waals surface area contributed by atoms with Gasteiger partial charge in [0.1, 0.15) is 6.23 Å². The Bertz CT molecular complexity index is 1160. The van der Waals surface area contributed by atoms with Crippen LogP contribution in [-0.2, 0) is 17.8 Å². The lowest BCUT2D eigenvalue weighted by Gasteiger charge is -2.23. The molecule has 0 radical (unpaired) electrons. The maximum absolute atomic E-state index is 12.7. The Balaban J connectivity index is 1.16. The first kappa shape index (κ1) is 21.3. The van der Waals surface area contributed by atoms with Gasteiger partial charge >= 0.3 is 0 Å². The molecule has 1 aliphatic carbocycles. The summed E-state index contributed by atoms with van der Waals surface area (Å²) in [5, 5.41) is 18.9. The van der Waals surface area contributed by atoms with E-state index in [1.807, 2.05) is 48.5 Å². The van der Waals surface area contributed by atoms with Crippen LogP contribution in [0.2, 0.25) is 0 Å². The number of nitrogens with zero attached hydrogens (tertiary/aromatic N) is 1. The first-order valence-corrected chi connectivity index (χ1v) is 11.2. The maximum Gasteiger partial charge on any atom is 0.251 e. The zero-order valence-electron chi connectivity index (χ0n) is 18.1. The molecule has 0 bridgehead atoms. The van der Waals surface area contributed by atoms with Gasteiger partial charge in [-0.15, -0.1) is 0 Å². The van der Waals surface area contributed by atoms with Gasteiger partial charge in [-0.1, -0.05) is 24.3 Å². The van der Waals surface area contributed by atoms with Gasteiger partial charge < -0.3 is 15.7 Å². The predicted octanol–water partition coefficient (Wildman–Crippen LogP) is 2.89. The van der Waals surface area contributed by atoms with E-state index in [-0.39, 0.29) is 23.7 Å². The second-order valence-corrected chi connectivity index (χ2v) is 8.58. The number of fused-ring (bicyclic) bond motifs is 1. The third-order valence-corrected chi connectivity index (χ3v) is 6.32. The number of hydrogen-bond donors (Lipinski definition) is 4. The van der Waals surface area contributed by atoms with Crippen LogP contribution in [0.25, 0.3) is 0 Å². The highest BCUT2D eigenvalue weighted by atomic mass is 16.3. The van der Waals surface area contributed by atoms with Gasteiger partial charge in [-0.05, 0) is 71.8 Å². The maximum atomic E-state index is 12.7. The highest BCUT2D eigenvalue weighted by Gasteiger charge is 2.44. The quantitative estimate of drug-likeness (QED) is 0.470. The predicted molar refractivity (Wildman–Crippen MR) is 124 cm³/mol. The summed E-state index contributed by atoms with van der Waals surface area (Å²) in [5.41, 5.74) is 5.15. The molecule has 2 aliphatic rings. The smallest absolute Gasteiger partial charge is 0.251 e. The Morgan fingerprint density at radius 2 is 1.94 bits per heavy atom. The second kappa shape index (κ2) is 9.13. The number of aliphatic hydroxyl groups is 1. The molecule has 2 aromatic carbocycles. The van der Waals surface area contributed by atoms with E-state index in [9.17, 15) is 14.7 Å². The third-order valence-electron chi connectivity index (χ3n) is 6.32. The van der Waals surface area contributed by atoms with Gasteiger partial charge in [0.2, 0.25) is 5.91 Å². The summed E-state index contributed by atoms with van der Waals surface area (Å²) in [6.07, 6.45) is 2.67. The molecule has 3 aromatic rings. The van der Waals surface area contributed by atoms with Crippen molar-refractivity contribution in [1.29, 1.82) is 0 Å². The summed E-state index contributed by atoms with van der Waals surface area (Å²) >= 11 is 0. The van der Waals surface area contributed by atoms with Crippen molar-refractivity contribution >= 4 is 17.5 Å². The van der Waals surface area contributed by atoms with Crippen molar-refractivity contribution in [2.45, 2.75) is 31.5 Å². The number of benzene rings is 2. The van der Waals surface area contributed by atoms with Crippen LogP contribution in [0.5, 0.6) is 0 Å². The van der Waals surface area contributed by atoms with Crippen LogP contribution in [0, 0.1) is 5.92 Å². The van der Waals surface area contributed by atoms with Crippen molar-refractivity contribution in [3.63, 3.8) is 0 Å². The molecule has 7 heteroatoms. The molecule has 1 saturated carbocycles. The number of hydrogen-bond acceptors (Lipinski definition) is 5. The van der Waals surface area contributed by atoms with E-state index in [1.54, 1.807) is 18.3 Å². The SMILES string of the molecule is O=C(NCc1ccccn1)c1ccc(C2CC2C(=O)Nc2ccc3c(c2)CCNC3O)cc1. The van der Waals surface area contributed by atoms with Gasteiger partial charge in [0.05, 0.1) is 12.2 Å². The molecule has 2 amide bonds. The van der Waals surface area contributed by atoms with Crippen molar-refractivity contribution in [3.05, 3.63) is 94.8 Å². The fourth-order valence-corrected chi connectivity index (χ4v) is 4.37. The largest absolute Gasteiger partial charge is 0.374 e. The Morgan fingerprint density at radius 1 is 1.09 bits per heavy atom. The Morgan fingerprint density at radius 3 is 2.73 bits per heavy atom. The molecular weight excluding hydrogens is 416 g/mol. The van der Waals surface area contributed by atoms with E-state index in [4.69, 9.17) is 0 Å². The number of pyridine rings is 1. The average Bonchev–Trinajstić information content (AvgIpc) is 3.65. The van der Waals surface area contributed by atoms with E-state index in [0.717, 1.165) is 40.9 Å². The molecule has 2 heterocycles. The van der Waals surface area contributed by atoms with Crippen LogP contribution in [0.3, 0.4) is 0 Å². The van der Waals surface area contributed by atoms with Gasteiger partial charge in [-0.25, -0.2) is 0 Å². The zero-order chi connectivity index (χ0) is 22.8. The number of aromatic nitrogens is 1.